The van der Waals surface area contributed by atoms with Crippen molar-refractivity contribution in [2.24, 2.45) is 0 Å². The fraction of sp³-hybridized carbons (Fsp3) is 0.207. The second kappa shape index (κ2) is 8.52. The molecule has 4 nitrogen and oxygen atoms in total. The van der Waals surface area contributed by atoms with Gasteiger partial charge in [0.15, 0.2) is 24.1 Å². The van der Waals surface area contributed by atoms with Crippen LogP contribution in [0.1, 0.15) is 42.5 Å². The van der Waals surface area contributed by atoms with Crippen molar-refractivity contribution in [3.63, 3.8) is 0 Å². The lowest BCUT2D eigenvalue weighted by molar-refractivity contribution is -0.720. The summed E-state index contributed by atoms with van der Waals surface area (Å²) in [5.41, 5.74) is 7.14. The van der Waals surface area contributed by atoms with Crippen LogP contribution in [-0.4, -0.2) is 7.11 Å². The molecule has 0 saturated carbocycles. The van der Waals surface area contributed by atoms with Gasteiger partial charge in [0.05, 0.1) is 19.6 Å². The van der Waals surface area contributed by atoms with Crippen LogP contribution in [0.25, 0.3) is 22.5 Å². The topological polar surface area (TPSA) is 40.8 Å². The van der Waals surface area contributed by atoms with Crippen LogP contribution in [0, 0.1) is 11.3 Å². The van der Waals surface area contributed by atoms with Gasteiger partial charge in [0.1, 0.15) is 11.3 Å². The first kappa shape index (κ1) is 20.9. The van der Waals surface area contributed by atoms with Crippen LogP contribution in [0.5, 0.6) is 0 Å². The number of rotatable bonds is 2. The zero-order chi connectivity index (χ0) is 22.9. The molecule has 4 heterocycles. The molecule has 2 unspecified atom stereocenters. The molecule has 33 heavy (non-hydrogen) atoms. The third-order valence-corrected chi connectivity index (χ3v) is 6.92. The highest BCUT2D eigenvalue weighted by Gasteiger charge is 2.42. The van der Waals surface area contributed by atoms with Crippen LogP contribution >= 0.6 is 0 Å². The van der Waals surface area contributed by atoms with Gasteiger partial charge in [-0.05, 0) is 43.2 Å². The van der Waals surface area contributed by atoms with Crippen molar-refractivity contribution in [1.82, 2.24) is 0 Å². The number of allylic oxidation sites excluding steroid dienone is 3. The minimum absolute atomic E-state index is 0.205. The van der Waals surface area contributed by atoms with E-state index in [1.807, 2.05) is 24.4 Å². The molecule has 0 spiro atoms. The fourth-order valence-corrected chi connectivity index (χ4v) is 5.38. The highest BCUT2D eigenvalue weighted by atomic mass is 16.5. The number of hydrogen-bond donors (Lipinski definition) is 0. The quantitative estimate of drug-likeness (QED) is 0.403. The van der Waals surface area contributed by atoms with Crippen molar-refractivity contribution in [3.05, 3.63) is 109 Å². The van der Waals surface area contributed by atoms with E-state index in [0.29, 0.717) is 17.8 Å². The van der Waals surface area contributed by atoms with Gasteiger partial charge in [-0.2, -0.15) is 14.4 Å². The standard InChI is InChI=1S/C29H27N3O/c1-20-18-28-25(23-10-4-5-11-24(23)26-12-6-9-17-32(26)28)15-14-22(19-30)29(21(2)33-3)27-13-7-8-16-31(20)27/h4-13,16-17,25,28H,1-2,14-15,18H2,3H3/q+2. The van der Waals surface area contributed by atoms with Crippen molar-refractivity contribution < 1.29 is 13.9 Å². The minimum Gasteiger partial charge on any atom is -0.496 e. The molecule has 3 aromatic rings. The molecule has 2 aromatic heterocycles. The van der Waals surface area contributed by atoms with E-state index in [4.69, 9.17) is 4.74 Å². The Morgan fingerprint density at radius 2 is 1.76 bits per heavy atom. The number of aromatic nitrogens is 2. The number of ether oxygens (including phenoxy) is 1. The van der Waals surface area contributed by atoms with E-state index in [0.717, 1.165) is 29.8 Å². The lowest BCUT2D eigenvalue weighted by Gasteiger charge is -2.31. The maximum Gasteiger partial charge on any atom is 0.222 e. The molecule has 0 aliphatic carbocycles. The van der Waals surface area contributed by atoms with Crippen molar-refractivity contribution in [2.45, 2.75) is 31.2 Å². The molecule has 2 aliphatic heterocycles. The van der Waals surface area contributed by atoms with Gasteiger partial charge in [-0.1, -0.05) is 24.8 Å². The van der Waals surface area contributed by atoms with Crippen LogP contribution in [0.15, 0.2) is 97.5 Å². The Hall–Kier alpha value is -3.97. The summed E-state index contributed by atoms with van der Waals surface area (Å²) in [6, 6.07) is 23.7. The summed E-state index contributed by atoms with van der Waals surface area (Å²) in [6.07, 6.45) is 6.48. The van der Waals surface area contributed by atoms with Crippen molar-refractivity contribution in [3.8, 4) is 17.3 Å². The number of nitrogens with zero attached hydrogens (tertiary/aromatic N) is 3. The first-order chi connectivity index (χ1) is 16.1. The lowest BCUT2D eigenvalue weighted by Crippen LogP contribution is -2.49. The molecular weight excluding hydrogens is 406 g/mol. The highest BCUT2D eigenvalue weighted by molar-refractivity contribution is 5.79. The van der Waals surface area contributed by atoms with Crippen molar-refractivity contribution in [1.29, 1.82) is 5.26 Å². The van der Waals surface area contributed by atoms with Crippen LogP contribution in [0.3, 0.4) is 0 Å². The predicted molar refractivity (Wildman–Crippen MR) is 128 cm³/mol. The van der Waals surface area contributed by atoms with E-state index in [1.54, 1.807) is 7.11 Å². The number of benzene rings is 1. The third kappa shape index (κ3) is 3.47. The Labute approximate surface area is 195 Å². The Balaban J connectivity index is 1.74. The van der Waals surface area contributed by atoms with E-state index in [-0.39, 0.29) is 12.0 Å². The van der Waals surface area contributed by atoms with Crippen LogP contribution < -0.4 is 9.13 Å². The zero-order valence-corrected chi connectivity index (χ0v) is 18.9. The summed E-state index contributed by atoms with van der Waals surface area (Å²) in [7, 11) is 1.60. The molecule has 2 aliphatic rings. The van der Waals surface area contributed by atoms with Gasteiger partial charge in [0, 0.05) is 41.3 Å². The van der Waals surface area contributed by atoms with E-state index in [9.17, 15) is 5.26 Å². The van der Waals surface area contributed by atoms with Crippen LogP contribution in [0.2, 0.25) is 0 Å². The molecule has 0 N–H and O–H groups in total. The SMILES string of the molecule is C=C(OC)C1=C(C#N)CCC2c3ccccc3-c3cccc[n+]3C2CC(=C)[n+]2ccccc21. The van der Waals surface area contributed by atoms with Gasteiger partial charge in [0.2, 0.25) is 11.4 Å². The molecule has 0 radical (unpaired) electrons. The summed E-state index contributed by atoms with van der Waals surface area (Å²) >= 11 is 0. The van der Waals surface area contributed by atoms with Crippen LogP contribution in [-0.2, 0) is 4.74 Å². The summed E-state index contributed by atoms with van der Waals surface area (Å²) in [5, 5.41) is 10.2. The van der Waals surface area contributed by atoms with E-state index in [2.05, 4.69) is 77.0 Å². The Morgan fingerprint density at radius 1 is 1.03 bits per heavy atom. The van der Waals surface area contributed by atoms with Gasteiger partial charge >= 0.3 is 0 Å². The molecule has 0 saturated heterocycles. The molecule has 5 rings (SSSR count). The van der Waals surface area contributed by atoms with E-state index >= 15 is 0 Å². The Morgan fingerprint density at radius 3 is 2.55 bits per heavy atom. The van der Waals surface area contributed by atoms with E-state index in [1.165, 1.54) is 16.8 Å². The van der Waals surface area contributed by atoms with Gasteiger partial charge in [0.25, 0.3) is 0 Å². The number of pyridine rings is 2. The van der Waals surface area contributed by atoms with Crippen LogP contribution in [0.4, 0.5) is 0 Å². The average molecular weight is 434 g/mol. The van der Waals surface area contributed by atoms with Gasteiger partial charge < -0.3 is 4.74 Å². The van der Waals surface area contributed by atoms with Gasteiger partial charge in [-0.25, -0.2) is 0 Å². The predicted octanol–water partition coefficient (Wildman–Crippen LogP) is 5.36. The second-order valence-electron chi connectivity index (χ2n) is 8.61. The fourth-order valence-electron chi connectivity index (χ4n) is 5.38. The van der Waals surface area contributed by atoms with Crippen molar-refractivity contribution in [2.75, 3.05) is 7.11 Å². The maximum atomic E-state index is 10.2. The molecule has 1 aromatic carbocycles. The van der Waals surface area contributed by atoms with Gasteiger partial charge in [-0.3, -0.25) is 0 Å². The molecule has 162 valence electrons. The monoisotopic (exact) mass is 433 g/mol. The summed E-state index contributed by atoms with van der Waals surface area (Å²) in [6.45, 7) is 8.61. The third-order valence-electron chi connectivity index (χ3n) is 6.92. The summed E-state index contributed by atoms with van der Waals surface area (Å²) < 4.78 is 10.0. The molecular formula is C29H27N3O+2. The molecule has 0 amide bonds. The number of hydrogen-bond acceptors (Lipinski definition) is 2. The number of nitriles is 1. The van der Waals surface area contributed by atoms with Gasteiger partial charge in [-0.15, -0.1) is 0 Å². The number of methoxy groups -OCH3 is 1. The Bertz CT molecular complexity index is 1340. The average Bonchev–Trinajstić information content (AvgIpc) is 2.87. The maximum absolute atomic E-state index is 10.2. The molecule has 4 heteroatoms. The summed E-state index contributed by atoms with van der Waals surface area (Å²) in [5.74, 6) is 0.754. The second-order valence-corrected chi connectivity index (χ2v) is 8.61. The van der Waals surface area contributed by atoms with Crippen molar-refractivity contribution >= 4 is 11.3 Å². The molecule has 2 atom stereocenters. The molecule has 0 bridgehead atoms. The Kier molecular flexibility index (Phi) is 5.40. The first-order valence-electron chi connectivity index (χ1n) is 11.3. The van der Waals surface area contributed by atoms with E-state index < -0.39 is 0 Å². The largest absolute Gasteiger partial charge is 0.496 e. The number of fused-ring (bicyclic) bond motifs is 7. The molecule has 0 fully saturated rings. The zero-order valence-electron chi connectivity index (χ0n) is 18.9. The lowest BCUT2D eigenvalue weighted by atomic mass is 9.77. The first-order valence-corrected chi connectivity index (χ1v) is 11.3. The smallest absolute Gasteiger partial charge is 0.222 e. The normalized spacial score (nSPS) is 19.3. The summed E-state index contributed by atoms with van der Waals surface area (Å²) in [4.78, 5) is 0. The minimum atomic E-state index is 0.205. The highest BCUT2D eigenvalue weighted by Crippen LogP contribution is 2.44.